The molecule has 0 unspecified atom stereocenters. The molecule has 0 aliphatic rings. The van der Waals surface area contributed by atoms with Crippen LogP contribution >= 0.6 is 0 Å². The number of para-hydroxylation sites is 1. The normalized spacial score (nSPS) is 11.3. The molecule has 0 saturated heterocycles. The molecule has 3 rings (SSSR count). The van der Waals surface area contributed by atoms with Crippen molar-refractivity contribution in [1.82, 2.24) is 25.2 Å². The summed E-state index contributed by atoms with van der Waals surface area (Å²) in [5, 5.41) is 13.0. The van der Waals surface area contributed by atoms with Gasteiger partial charge in [-0.05, 0) is 19.9 Å². The highest BCUT2D eigenvalue weighted by atomic mass is 16.5. The van der Waals surface area contributed by atoms with Gasteiger partial charge in [-0.15, -0.1) is 0 Å². The number of rotatable bonds is 6. The van der Waals surface area contributed by atoms with Gasteiger partial charge < -0.3 is 9.84 Å². The summed E-state index contributed by atoms with van der Waals surface area (Å²) in [6.07, 6.45) is 0.729. The van der Waals surface area contributed by atoms with Crippen molar-refractivity contribution in [2.75, 3.05) is 6.54 Å². The topological polar surface area (TPSA) is 68.8 Å². The molecule has 6 heteroatoms. The Hall–Kier alpha value is -2.21. The minimum Gasteiger partial charge on any atom is -0.339 e. The molecule has 0 radical (unpaired) electrons. The zero-order valence-electron chi connectivity index (χ0n) is 12.3. The second kappa shape index (κ2) is 6.05. The van der Waals surface area contributed by atoms with E-state index in [1.54, 1.807) is 0 Å². The number of fused-ring (bicyclic) bond motifs is 1. The number of aromatic nitrogens is 4. The van der Waals surface area contributed by atoms with Gasteiger partial charge in [0.25, 0.3) is 0 Å². The third-order valence-corrected chi connectivity index (χ3v) is 3.41. The number of nitrogens with zero attached hydrogens (tertiary/aromatic N) is 4. The Morgan fingerprint density at radius 1 is 1.29 bits per heavy atom. The van der Waals surface area contributed by atoms with Crippen LogP contribution in [0.2, 0.25) is 0 Å². The van der Waals surface area contributed by atoms with E-state index in [9.17, 15) is 0 Å². The van der Waals surface area contributed by atoms with Crippen molar-refractivity contribution < 1.29 is 4.52 Å². The molecule has 21 heavy (non-hydrogen) atoms. The van der Waals surface area contributed by atoms with Crippen molar-refractivity contribution in [3.05, 3.63) is 41.7 Å². The number of aryl methyl sites for hydroxylation is 2. The lowest BCUT2D eigenvalue weighted by Crippen LogP contribution is -2.17. The first kappa shape index (κ1) is 13.8. The molecule has 2 aromatic heterocycles. The maximum absolute atomic E-state index is 5.09. The molecule has 0 saturated carbocycles. The average molecular weight is 285 g/mol. The highest BCUT2D eigenvalue weighted by molar-refractivity contribution is 5.81. The SMILES string of the molecule is CCn1nc(CNCCc2nc(C)no2)c2ccccc21. The summed E-state index contributed by atoms with van der Waals surface area (Å²) in [5.41, 5.74) is 2.26. The maximum Gasteiger partial charge on any atom is 0.227 e. The molecule has 1 N–H and O–H groups in total. The summed E-state index contributed by atoms with van der Waals surface area (Å²) < 4.78 is 7.12. The van der Waals surface area contributed by atoms with Gasteiger partial charge in [0.2, 0.25) is 5.89 Å². The summed E-state index contributed by atoms with van der Waals surface area (Å²) >= 11 is 0. The molecule has 0 amide bonds. The minimum atomic E-state index is 0.670. The second-order valence-electron chi connectivity index (χ2n) is 4.94. The molecule has 0 atom stereocenters. The lowest BCUT2D eigenvalue weighted by atomic mass is 10.2. The van der Waals surface area contributed by atoms with Gasteiger partial charge in [0.1, 0.15) is 0 Å². The highest BCUT2D eigenvalue weighted by Gasteiger charge is 2.08. The Labute approximate surface area is 123 Å². The van der Waals surface area contributed by atoms with Crippen LogP contribution in [-0.2, 0) is 19.5 Å². The summed E-state index contributed by atoms with van der Waals surface area (Å²) in [7, 11) is 0. The molecule has 3 aromatic rings. The van der Waals surface area contributed by atoms with E-state index < -0.39 is 0 Å². The molecule has 0 bridgehead atoms. The summed E-state index contributed by atoms with van der Waals surface area (Å²) in [5.74, 6) is 1.35. The predicted octanol–water partition coefficient (Wildman–Crippen LogP) is 2.08. The van der Waals surface area contributed by atoms with Crippen LogP contribution in [0.25, 0.3) is 10.9 Å². The zero-order chi connectivity index (χ0) is 14.7. The van der Waals surface area contributed by atoms with Gasteiger partial charge in [-0.25, -0.2) is 0 Å². The highest BCUT2D eigenvalue weighted by Crippen LogP contribution is 2.18. The number of nitrogens with one attached hydrogen (secondary N) is 1. The smallest absolute Gasteiger partial charge is 0.227 e. The quantitative estimate of drug-likeness (QED) is 0.702. The number of hydrogen-bond acceptors (Lipinski definition) is 5. The average Bonchev–Trinajstić information content (AvgIpc) is 3.07. The van der Waals surface area contributed by atoms with Crippen molar-refractivity contribution in [2.45, 2.75) is 33.4 Å². The monoisotopic (exact) mass is 285 g/mol. The van der Waals surface area contributed by atoms with Gasteiger partial charge in [-0.2, -0.15) is 10.1 Å². The van der Waals surface area contributed by atoms with E-state index in [1.807, 2.05) is 17.7 Å². The third kappa shape index (κ3) is 2.95. The van der Waals surface area contributed by atoms with Gasteiger partial charge in [0, 0.05) is 31.4 Å². The van der Waals surface area contributed by atoms with Crippen LogP contribution in [0.3, 0.4) is 0 Å². The van der Waals surface area contributed by atoms with Crippen LogP contribution in [0, 0.1) is 6.92 Å². The molecule has 0 fully saturated rings. The van der Waals surface area contributed by atoms with E-state index in [-0.39, 0.29) is 0 Å². The summed E-state index contributed by atoms with van der Waals surface area (Å²) in [4.78, 5) is 4.19. The largest absolute Gasteiger partial charge is 0.339 e. The van der Waals surface area contributed by atoms with E-state index >= 15 is 0 Å². The molecule has 0 aliphatic heterocycles. The predicted molar refractivity (Wildman–Crippen MR) is 79.9 cm³/mol. The molecule has 6 nitrogen and oxygen atoms in total. The van der Waals surface area contributed by atoms with Crippen LogP contribution < -0.4 is 5.32 Å². The first-order valence-electron chi connectivity index (χ1n) is 7.22. The van der Waals surface area contributed by atoms with Crippen molar-refractivity contribution in [3.8, 4) is 0 Å². The fraction of sp³-hybridized carbons (Fsp3) is 0.400. The Balaban J connectivity index is 1.63. The lowest BCUT2D eigenvalue weighted by Gasteiger charge is -2.00. The first-order chi connectivity index (χ1) is 10.3. The Morgan fingerprint density at radius 3 is 2.90 bits per heavy atom. The fourth-order valence-corrected chi connectivity index (χ4v) is 2.41. The van der Waals surface area contributed by atoms with E-state index in [0.29, 0.717) is 11.7 Å². The van der Waals surface area contributed by atoms with Crippen LogP contribution in [0.5, 0.6) is 0 Å². The Bertz CT molecular complexity index is 731. The molecule has 2 heterocycles. The van der Waals surface area contributed by atoms with Crippen LogP contribution in [0.15, 0.2) is 28.8 Å². The van der Waals surface area contributed by atoms with Gasteiger partial charge in [-0.3, -0.25) is 4.68 Å². The van der Waals surface area contributed by atoms with Crippen LogP contribution in [0.4, 0.5) is 0 Å². The van der Waals surface area contributed by atoms with E-state index in [4.69, 9.17) is 4.52 Å². The zero-order valence-corrected chi connectivity index (χ0v) is 12.3. The Morgan fingerprint density at radius 2 is 2.14 bits per heavy atom. The molecule has 1 aromatic carbocycles. The number of hydrogen-bond donors (Lipinski definition) is 1. The van der Waals surface area contributed by atoms with E-state index in [0.717, 1.165) is 31.7 Å². The van der Waals surface area contributed by atoms with Gasteiger partial charge in [-0.1, -0.05) is 23.4 Å². The van der Waals surface area contributed by atoms with Crippen molar-refractivity contribution in [1.29, 1.82) is 0 Å². The van der Waals surface area contributed by atoms with Gasteiger partial charge in [0.15, 0.2) is 5.82 Å². The standard InChI is InChI=1S/C15H19N5O/c1-3-20-14-7-5-4-6-12(14)13(18-20)10-16-9-8-15-17-11(2)19-21-15/h4-7,16H,3,8-10H2,1-2H3. The third-order valence-electron chi connectivity index (χ3n) is 3.41. The molecular formula is C15H19N5O. The van der Waals surface area contributed by atoms with Crippen LogP contribution in [0.1, 0.15) is 24.3 Å². The van der Waals surface area contributed by atoms with Crippen molar-refractivity contribution in [2.24, 2.45) is 0 Å². The second-order valence-corrected chi connectivity index (χ2v) is 4.94. The molecular weight excluding hydrogens is 266 g/mol. The maximum atomic E-state index is 5.09. The van der Waals surface area contributed by atoms with E-state index in [1.165, 1.54) is 10.9 Å². The first-order valence-corrected chi connectivity index (χ1v) is 7.22. The lowest BCUT2D eigenvalue weighted by molar-refractivity contribution is 0.372. The summed E-state index contributed by atoms with van der Waals surface area (Å²) in [6, 6.07) is 8.32. The van der Waals surface area contributed by atoms with E-state index in [2.05, 4.69) is 45.7 Å². The molecule has 0 aliphatic carbocycles. The van der Waals surface area contributed by atoms with Crippen molar-refractivity contribution >= 4 is 10.9 Å². The number of benzene rings is 1. The minimum absolute atomic E-state index is 0.670. The Kier molecular flexibility index (Phi) is 3.96. The summed E-state index contributed by atoms with van der Waals surface area (Å²) in [6.45, 7) is 6.33. The van der Waals surface area contributed by atoms with Gasteiger partial charge in [0.05, 0.1) is 11.2 Å². The van der Waals surface area contributed by atoms with Crippen LogP contribution in [-0.4, -0.2) is 26.5 Å². The molecule has 0 spiro atoms. The van der Waals surface area contributed by atoms with Gasteiger partial charge >= 0.3 is 0 Å². The van der Waals surface area contributed by atoms with Crippen molar-refractivity contribution in [3.63, 3.8) is 0 Å². The molecule has 110 valence electrons. The fourth-order valence-electron chi connectivity index (χ4n) is 2.41.